The Morgan fingerprint density at radius 1 is 1.10 bits per heavy atom. The normalized spacial score (nSPS) is 15.7. The van der Waals surface area contributed by atoms with E-state index >= 15 is 0 Å². The first-order chi connectivity index (χ1) is 14.1. The van der Waals surface area contributed by atoms with Gasteiger partial charge >= 0.3 is 0 Å². The third kappa shape index (κ3) is 5.41. The zero-order valence-electron chi connectivity index (χ0n) is 16.9. The van der Waals surface area contributed by atoms with Crippen LogP contribution in [0, 0.1) is 17.0 Å². The van der Waals surface area contributed by atoms with Crippen molar-refractivity contribution in [3.8, 4) is 0 Å². The molecule has 1 saturated heterocycles. The summed E-state index contributed by atoms with van der Waals surface area (Å²) in [4.78, 5) is 25.1. The summed E-state index contributed by atoms with van der Waals surface area (Å²) in [6.07, 6.45) is 1.22. The van der Waals surface area contributed by atoms with Crippen LogP contribution >= 0.6 is 0 Å². The van der Waals surface area contributed by atoms with Crippen molar-refractivity contribution in [1.29, 1.82) is 0 Å². The number of carbonyl (C=O) groups is 1. The highest BCUT2D eigenvalue weighted by atomic mass is 32.2. The van der Waals surface area contributed by atoms with Gasteiger partial charge in [0, 0.05) is 50.4 Å². The molecule has 2 aromatic carbocycles. The van der Waals surface area contributed by atoms with Crippen LogP contribution < -0.4 is 5.32 Å². The lowest BCUT2D eigenvalue weighted by molar-refractivity contribution is -0.384. The van der Waals surface area contributed by atoms with Gasteiger partial charge < -0.3 is 5.32 Å². The predicted octanol–water partition coefficient (Wildman–Crippen LogP) is 2.23. The molecule has 0 saturated carbocycles. The summed E-state index contributed by atoms with van der Waals surface area (Å²) < 4.78 is 24.7. The van der Waals surface area contributed by atoms with Gasteiger partial charge in [0.2, 0.25) is 10.0 Å². The van der Waals surface area contributed by atoms with E-state index in [1.54, 1.807) is 25.1 Å². The fourth-order valence-corrected chi connectivity index (χ4v) is 4.12. The van der Waals surface area contributed by atoms with Gasteiger partial charge in [-0.3, -0.25) is 19.8 Å². The van der Waals surface area contributed by atoms with Crippen molar-refractivity contribution in [2.75, 3.05) is 37.8 Å². The number of hydrogen-bond acceptors (Lipinski definition) is 6. The summed E-state index contributed by atoms with van der Waals surface area (Å²) in [5.74, 6) is -0.341. The van der Waals surface area contributed by atoms with E-state index in [0.717, 1.165) is 11.1 Å². The molecule has 3 rings (SSSR count). The lowest BCUT2D eigenvalue weighted by atomic mass is 10.1. The number of hydrogen-bond donors (Lipinski definition) is 1. The average molecular weight is 433 g/mol. The Labute approximate surface area is 175 Å². The van der Waals surface area contributed by atoms with Crippen molar-refractivity contribution in [3.05, 3.63) is 69.3 Å². The average Bonchev–Trinajstić information content (AvgIpc) is 2.69. The molecular formula is C20H24N4O5S. The summed E-state index contributed by atoms with van der Waals surface area (Å²) in [6.45, 7) is 4.70. The van der Waals surface area contributed by atoms with E-state index in [2.05, 4.69) is 10.2 Å². The number of non-ortho nitro benzene ring substituents is 1. The molecular weight excluding hydrogens is 408 g/mol. The Bertz CT molecular complexity index is 1050. The van der Waals surface area contributed by atoms with Gasteiger partial charge in [-0.2, -0.15) is 4.31 Å². The number of nitro groups is 1. The van der Waals surface area contributed by atoms with Crippen LogP contribution in [0.25, 0.3) is 0 Å². The summed E-state index contributed by atoms with van der Waals surface area (Å²) in [5, 5.41) is 13.7. The molecule has 1 aliphatic heterocycles. The molecule has 1 aliphatic rings. The number of carbonyl (C=O) groups excluding carboxylic acids is 1. The van der Waals surface area contributed by atoms with Gasteiger partial charge in [-0.25, -0.2) is 8.42 Å². The van der Waals surface area contributed by atoms with E-state index in [4.69, 9.17) is 0 Å². The summed E-state index contributed by atoms with van der Waals surface area (Å²) in [7, 11) is -3.15. The van der Waals surface area contributed by atoms with E-state index < -0.39 is 14.9 Å². The van der Waals surface area contributed by atoms with Crippen LogP contribution in [0.15, 0.2) is 42.5 Å². The quantitative estimate of drug-likeness (QED) is 0.553. The first-order valence-electron chi connectivity index (χ1n) is 9.46. The van der Waals surface area contributed by atoms with Crippen LogP contribution in [0.3, 0.4) is 0 Å². The van der Waals surface area contributed by atoms with Gasteiger partial charge in [-0.1, -0.05) is 18.2 Å². The number of amides is 1. The molecule has 1 fully saturated rings. The predicted molar refractivity (Wildman–Crippen MR) is 114 cm³/mol. The zero-order valence-corrected chi connectivity index (χ0v) is 17.7. The van der Waals surface area contributed by atoms with Crippen LogP contribution in [-0.4, -0.2) is 60.9 Å². The lowest BCUT2D eigenvalue weighted by Crippen LogP contribution is -2.47. The summed E-state index contributed by atoms with van der Waals surface area (Å²) >= 11 is 0. The molecule has 1 heterocycles. The van der Waals surface area contributed by atoms with Crippen molar-refractivity contribution in [3.63, 3.8) is 0 Å². The van der Waals surface area contributed by atoms with E-state index in [1.807, 2.05) is 12.1 Å². The number of piperazine rings is 1. The molecule has 0 atom stereocenters. The Morgan fingerprint density at radius 3 is 2.30 bits per heavy atom. The number of aryl methyl sites for hydroxylation is 1. The van der Waals surface area contributed by atoms with Crippen LogP contribution in [0.2, 0.25) is 0 Å². The first-order valence-corrected chi connectivity index (χ1v) is 11.3. The molecule has 1 N–H and O–H groups in total. The Morgan fingerprint density at radius 2 is 1.73 bits per heavy atom. The molecule has 30 heavy (non-hydrogen) atoms. The molecule has 10 heteroatoms. The minimum Gasteiger partial charge on any atom is -0.321 e. The third-order valence-corrected chi connectivity index (χ3v) is 6.41. The molecule has 1 amide bonds. The molecule has 0 bridgehead atoms. The van der Waals surface area contributed by atoms with Gasteiger partial charge in [-0.15, -0.1) is 0 Å². The topological polar surface area (TPSA) is 113 Å². The van der Waals surface area contributed by atoms with E-state index in [-0.39, 0.29) is 11.6 Å². The van der Waals surface area contributed by atoms with Gasteiger partial charge in [0.05, 0.1) is 16.9 Å². The minimum absolute atomic E-state index is 0.0813. The molecule has 0 radical (unpaired) electrons. The molecule has 0 spiro atoms. The molecule has 0 aromatic heterocycles. The van der Waals surface area contributed by atoms with Gasteiger partial charge in [0.1, 0.15) is 0 Å². The van der Waals surface area contributed by atoms with Gasteiger partial charge in [-0.05, 0) is 30.2 Å². The Kier molecular flexibility index (Phi) is 6.49. The number of benzene rings is 2. The van der Waals surface area contributed by atoms with E-state index in [1.165, 1.54) is 22.7 Å². The van der Waals surface area contributed by atoms with Crippen LogP contribution in [-0.2, 0) is 16.6 Å². The van der Waals surface area contributed by atoms with Gasteiger partial charge in [0.15, 0.2) is 0 Å². The second-order valence-electron chi connectivity index (χ2n) is 7.35. The standard InChI is InChI=1S/C20H24N4O5S/c1-15-3-8-18(24(26)27)13-19(15)21-20(25)17-6-4-16(5-7-17)14-22-9-11-23(12-10-22)30(2,28)29/h3-8,13H,9-12,14H2,1-2H3,(H,21,25). The fraction of sp³-hybridized carbons (Fsp3) is 0.350. The maximum absolute atomic E-state index is 12.5. The second kappa shape index (κ2) is 8.90. The Hall–Kier alpha value is -2.82. The van der Waals surface area contributed by atoms with Crippen molar-refractivity contribution in [2.45, 2.75) is 13.5 Å². The summed E-state index contributed by atoms with van der Waals surface area (Å²) in [6, 6.07) is 11.5. The number of anilines is 1. The lowest BCUT2D eigenvalue weighted by Gasteiger charge is -2.33. The Balaban J connectivity index is 1.60. The SMILES string of the molecule is Cc1ccc([N+](=O)[O-])cc1NC(=O)c1ccc(CN2CCN(S(C)(=O)=O)CC2)cc1. The third-order valence-electron chi connectivity index (χ3n) is 5.10. The first kappa shape index (κ1) is 21.9. The highest BCUT2D eigenvalue weighted by molar-refractivity contribution is 7.88. The maximum atomic E-state index is 12.5. The van der Waals surface area contributed by atoms with Crippen molar-refractivity contribution in [2.24, 2.45) is 0 Å². The van der Waals surface area contributed by atoms with Crippen molar-refractivity contribution in [1.82, 2.24) is 9.21 Å². The molecule has 2 aromatic rings. The number of nitro benzene ring substituents is 1. The molecule has 160 valence electrons. The van der Waals surface area contributed by atoms with E-state index in [9.17, 15) is 23.3 Å². The highest BCUT2D eigenvalue weighted by Crippen LogP contribution is 2.22. The maximum Gasteiger partial charge on any atom is 0.271 e. The van der Waals surface area contributed by atoms with Crippen molar-refractivity contribution >= 4 is 27.3 Å². The largest absolute Gasteiger partial charge is 0.321 e. The number of nitrogens with one attached hydrogen (secondary N) is 1. The molecule has 0 aliphatic carbocycles. The van der Waals surface area contributed by atoms with Crippen LogP contribution in [0.4, 0.5) is 11.4 Å². The number of rotatable bonds is 6. The molecule has 9 nitrogen and oxygen atoms in total. The second-order valence-corrected chi connectivity index (χ2v) is 9.33. The minimum atomic E-state index is -3.15. The number of sulfonamides is 1. The zero-order chi connectivity index (χ0) is 21.9. The smallest absolute Gasteiger partial charge is 0.271 e. The highest BCUT2D eigenvalue weighted by Gasteiger charge is 2.23. The molecule has 0 unspecified atom stereocenters. The van der Waals surface area contributed by atoms with Crippen molar-refractivity contribution < 1.29 is 18.1 Å². The fourth-order valence-electron chi connectivity index (χ4n) is 3.29. The summed E-state index contributed by atoms with van der Waals surface area (Å²) in [5.41, 5.74) is 2.53. The van der Waals surface area contributed by atoms with Gasteiger partial charge in [0.25, 0.3) is 11.6 Å². The van der Waals surface area contributed by atoms with Crippen LogP contribution in [0.5, 0.6) is 0 Å². The van der Waals surface area contributed by atoms with E-state index in [0.29, 0.717) is 44.0 Å². The number of nitrogens with zero attached hydrogens (tertiary/aromatic N) is 3. The monoisotopic (exact) mass is 432 g/mol. The van der Waals surface area contributed by atoms with Crippen LogP contribution in [0.1, 0.15) is 21.5 Å².